The van der Waals surface area contributed by atoms with E-state index >= 15 is 0 Å². The van der Waals surface area contributed by atoms with Crippen LogP contribution in [0.3, 0.4) is 0 Å². The van der Waals surface area contributed by atoms with E-state index in [1.165, 1.54) is 0 Å². The van der Waals surface area contributed by atoms with Gasteiger partial charge in [0.05, 0.1) is 11.2 Å². The van der Waals surface area contributed by atoms with E-state index in [-0.39, 0.29) is 0 Å². The van der Waals surface area contributed by atoms with Crippen molar-refractivity contribution in [1.82, 2.24) is 15.0 Å². The Morgan fingerprint density at radius 2 is 1.06 bits per heavy atom. The van der Waals surface area contributed by atoms with Crippen LogP contribution in [0.4, 0.5) is 0 Å². The van der Waals surface area contributed by atoms with E-state index in [4.69, 9.17) is 9.31 Å². The van der Waals surface area contributed by atoms with E-state index in [1.807, 2.05) is 56.8 Å². The van der Waals surface area contributed by atoms with E-state index in [0.29, 0.717) is 5.59 Å². The molecule has 0 N–H and O–H groups in total. The highest BCUT2D eigenvalue weighted by molar-refractivity contribution is 6.61. The molecule has 1 aromatic heterocycles. The fourth-order valence-electron chi connectivity index (χ4n) is 4.45. The van der Waals surface area contributed by atoms with Crippen molar-refractivity contribution in [2.24, 2.45) is 0 Å². The van der Waals surface area contributed by atoms with E-state index < -0.39 is 23.9 Å². The number of aromatic nitrogens is 3. The predicted molar refractivity (Wildman–Crippen MR) is 130 cm³/mol. The Bertz CT molecular complexity index is 1110. The van der Waals surface area contributed by atoms with Crippen LogP contribution in [0.2, 0.25) is 0 Å². The Morgan fingerprint density at radius 3 is 1.45 bits per heavy atom. The van der Waals surface area contributed by atoms with E-state index in [0.717, 1.165) is 16.7 Å². The van der Waals surface area contributed by atoms with Gasteiger partial charge >= 0.3 is 7.12 Å². The van der Waals surface area contributed by atoms with Gasteiger partial charge in [0.15, 0.2) is 0 Å². The zero-order valence-corrected chi connectivity index (χ0v) is 19.5. The van der Waals surface area contributed by atoms with Crippen LogP contribution in [0, 0.1) is 0 Å². The third-order valence-corrected chi connectivity index (χ3v) is 6.92. The molecule has 5 rings (SSSR count). The lowest BCUT2D eigenvalue weighted by atomic mass is 9.77. The fraction of sp³-hybridized carbons (Fsp3) is 0.259. The van der Waals surface area contributed by atoms with Gasteiger partial charge < -0.3 is 9.31 Å². The number of hydrogen-bond acceptors (Lipinski definition) is 4. The summed E-state index contributed by atoms with van der Waals surface area (Å²) in [5.41, 5.74) is 2.32. The lowest BCUT2D eigenvalue weighted by Gasteiger charge is -2.35. The Balaban J connectivity index is 1.72. The van der Waals surface area contributed by atoms with Gasteiger partial charge in [-0.05, 0) is 44.4 Å². The SMILES string of the molecule is CC1(C)OB(c2cn(C(c3ccccc3)(c3ccccc3)c3ccccc3)nn2)OC1(C)C. The van der Waals surface area contributed by atoms with Gasteiger partial charge in [-0.15, -0.1) is 5.10 Å². The second-order valence-electron chi connectivity index (χ2n) is 9.48. The summed E-state index contributed by atoms with van der Waals surface area (Å²) >= 11 is 0. The minimum atomic E-state index is -0.710. The summed E-state index contributed by atoms with van der Waals surface area (Å²) in [5, 5.41) is 9.20. The molecule has 1 fully saturated rings. The summed E-state index contributed by atoms with van der Waals surface area (Å²) in [7, 11) is -0.580. The van der Waals surface area contributed by atoms with Gasteiger partial charge in [-0.3, -0.25) is 0 Å². The summed E-state index contributed by atoms with van der Waals surface area (Å²) in [6.45, 7) is 8.17. The van der Waals surface area contributed by atoms with Gasteiger partial charge in [0.25, 0.3) is 0 Å². The van der Waals surface area contributed by atoms with Gasteiger partial charge in [0, 0.05) is 6.20 Å². The molecule has 0 aliphatic carbocycles. The largest absolute Gasteiger partial charge is 0.518 e. The Hall–Kier alpha value is -3.22. The smallest absolute Gasteiger partial charge is 0.398 e. The fourth-order valence-corrected chi connectivity index (χ4v) is 4.45. The molecule has 0 unspecified atom stereocenters. The van der Waals surface area contributed by atoms with Gasteiger partial charge in [-0.1, -0.05) is 96.2 Å². The van der Waals surface area contributed by atoms with Gasteiger partial charge in [-0.25, -0.2) is 4.68 Å². The quantitative estimate of drug-likeness (QED) is 0.343. The molecular weight excluding hydrogens is 409 g/mol. The third kappa shape index (κ3) is 3.50. The molecule has 0 atom stereocenters. The van der Waals surface area contributed by atoms with Crippen molar-refractivity contribution in [3.05, 3.63) is 114 Å². The molecule has 4 aromatic rings. The van der Waals surface area contributed by atoms with Crippen LogP contribution >= 0.6 is 0 Å². The topological polar surface area (TPSA) is 49.2 Å². The molecule has 0 saturated carbocycles. The van der Waals surface area contributed by atoms with Crippen molar-refractivity contribution < 1.29 is 9.31 Å². The Kier molecular flexibility index (Phi) is 5.23. The minimum Gasteiger partial charge on any atom is -0.398 e. The lowest BCUT2D eigenvalue weighted by molar-refractivity contribution is 0.00578. The summed E-state index contributed by atoms with van der Waals surface area (Å²) < 4.78 is 14.4. The van der Waals surface area contributed by atoms with Crippen molar-refractivity contribution >= 4 is 12.7 Å². The van der Waals surface area contributed by atoms with Crippen LogP contribution in [-0.2, 0) is 14.8 Å². The molecule has 0 spiro atoms. The first-order valence-corrected chi connectivity index (χ1v) is 11.3. The lowest BCUT2D eigenvalue weighted by Crippen LogP contribution is -2.41. The van der Waals surface area contributed by atoms with Crippen LogP contribution in [0.1, 0.15) is 44.4 Å². The van der Waals surface area contributed by atoms with Crippen LogP contribution < -0.4 is 5.59 Å². The summed E-state index contributed by atoms with van der Waals surface area (Å²) in [4.78, 5) is 0. The maximum absolute atomic E-state index is 6.26. The first kappa shape index (κ1) is 21.6. The van der Waals surface area contributed by atoms with Crippen molar-refractivity contribution in [3.63, 3.8) is 0 Å². The number of rotatable bonds is 5. The summed E-state index contributed by atoms with van der Waals surface area (Å²) in [5.74, 6) is 0. The highest BCUT2D eigenvalue weighted by atomic mass is 16.7. The zero-order chi connectivity index (χ0) is 23.1. The molecule has 33 heavy (non-hydrogen) atoms. The molecule has 166 valence electrons. The van der Waals surface area contributed by atoms with Crippen molar-refractivity contribution in [1.29, 1.82) is 0 Å². The maximum atomic E-state index is 6.26. The van der Waals surface area contributed by atoms with Crippen LogP contribution in [-0.4, -0.2) is 33.3 Å². The highest BCUT2D eigenvalue weighted by Gasteiger charge is 2.53. The molecule has 0 amide bonds. The first-order valence-electron chi connectivity index (χ1n) is 11.3. The van der Waals surface area contributed by atoms with Crippen LogP contribution in [0.5, 0.6) is 0 Å². The molecule has 0 bridgehead atoms. The average Bonchev–Trinajstić information content (AvgIpc) is 3.39. The second kappa shape index (κ2) is 7.98. The average molecular weight is 437 g/mol. The van der Waals surface area contributed by atoms with E-state index in [2.05, 4.69) is 83.1 Å². The molecule has 1 aliphatic rings. The van der Waals surface area contributed by atoms with Crippen molar-refractivity contribution in [2.45, 2.75) is 44.4 Å². The van der Waals surface area contributed by atoms with Crippen molar-refractivity contribution in [3.8, 4) is 0 Å². The molecule has 2 heterocycles. The zero-order valence-electron chi connectivity index (χ0n) is 19.5. The predicted octanol–water partition coefficient (Wildman–Crippen LogP) is 4.42. The normalized spacial score (nSPS) is 17.3. The standard InChI is InChI=1S/C27H28BN3O2/c1-25(2)26(3,4)33-28(32-25)24-20-31(30-29-24)27(21-14-8-5-9-15-21,22-16-10-6-11-17-22)23-18-12-7-13-19-23/h5-20H,1-4H3. The van der Waals surface area contributed by atoms with Gasteiger partial charge in [-0.2, -0.15) is 0 Å². The number of hydrogen-bond donors (Lipinski definition) is 0. The highest BCUT2D eigenvalue weighted by Crippen LogP contribution is 2.40. The van der Waals surface area contributed by atoms with Crippen molar-refractivity contribution in [2.75, 3.05) is 0 Å². The molecule has 5 nitrogen and oxygen atoms in total. The molecule has 6 heteroatoms. The number of benzene rings is 3. The third-order valence-electron chi connectivity index (χ3n) is 6.92. The first-order chi connectivity index (χ1) is 15.8. The molecule has 3 aromatic carbocycles. The number of nitrogens with zero attached hydrogens (tertiary/aromatic N) is 3. The Morgan fingerprint density at radius 1 is 0.667 bits per heavy atom. The van der Waals surface area contributed by atoms with Crippen LogP contribution in [0.15, 0.2) is 97.2 Å². The second-order valence-corrected chi connectivity index (χ2v) is 9.48. The molecule has 1 saturated heterocycles. The monoisotopic (exact) mass is 437 g/mol. The van der Waals surface area contributed by atoms with E-state index in [1.54, 1.807) is 0 Å². The molecule has 1 aliphatic heterocycles. The molecule has 0 radical (unpaired) electrons. The van der Waals surface area contributed by atoms with Gasteiger partial charge in [0.1, 0.15) is 11.1 Å². The Labute approximate surface area is 195 Å². The van der Waals surface area contributed by atoms with Crippen LogP contribution in [0.25, 0.3) is 0 Å². The van der Waals surface area contributed by atoms with E-state index in [9.17, 15) is 0 Å². The minimum absolute atomic E-state index is 0.448. The summed E-state index contributed by atoms with van der Waals surface area (Å²) in [6, 6.07) is 31.2. The summed E-state index contributed by atoms with van der Waals surface area (Å²) in [6.07, 6.45) is 1.95. The maximum Gasteiger partial charge on any atom is 0.518 e. The molecular formula is C27H28BN3O2. The van der Waals surface area contributed by atoms with Gasteiger partial charge in [0.2, 0.25) is 0 Å².